The molecule has 1 spiro atoms. The molecule has 318 valence electrons. The monoisotopic (exact) mass is 882 g/mol. The second-order valence-corrected chi connectivity index (χ2v) is 19.1. The Morgan fingerprint density at radius 1 is 0.265 bits per heavy atom. The van der Waals surface area contributed by atoms with E-state index in [-0.39, 0.29) is 0 Å². The summed E-state index contributed by atoms with van der Waals surface area (Å²) in [6.45, 7) is 0. The molecule has 0 atom stereocenters. The topological polar surface area (TPSA) is 6.48 Å². The minimum absolute atomic E-state index is 0.479. The highest BCUT2D eigenvalue weighted by Crippen LogP contribution is 2.63. The number of rotatable bonds is 7. The van der Waals surface area contributed by atoms with Crippen molar-refractivity contribution in [1.82, 2.24) is 0 Å². The number of fused-ring (bicyclic) bond motifs is 14. The van der Waals surface area contributed by atoms with Crippen molar-refractivity contribution in [3.05, 3.63) is 277 Å². The minimum Gasteiger partial charge on any atom is -0.310 e. The number of benzene rings is 11. The third kappa shape index (κ3) is 5.83. The molecule has 1 heterocycles. The van der Waals surface area contributed by atoms with Crippen LogP contribution in [0, 0.1) is 0 Å². The number of anilines is 6. The van der Waals surface area contributed by atoms with Gasteiger partial charge in [0.2, 0.25) is 0 Å². The van der Waals surface area contributed by atoms with Crippen LogP contribution >= 0.6 is 11.3 Å². The average Bonchev–Trinajstić information content (AvgIpc) is 4.03. The molecular weight excluding hydrogens is 841 g/mol. The van der Waals surface area contributed by atoms with Gasteiger partial charge in [-0.1, -0.05) is 170 Å². The zero-order valence-corrected chi connectivity index (χ0v) is 37.9. The van der Waals surface area contributed by atoms with Crippen LogP contribution in [0.1, 0.15) is 22.3 Å². The number of para-hydroxylation sites is 2. The van der Waals surface area contributed by atoms with Crippen LogP contribution in [0.15, 0.2) is 255 Å². The van der Waals surface area contributed by atoms with Crippen LogP contribution in [0.2, 0.25) is 0 Å². The van der Waals surface area contributed by atoms with Crippen molar-refractivity contribution in [3.63, 3.8) is 0 Å². The molecule has 12 aromatic rings. The Labute approximate surface area is 399 Å². The van der Waals surface area contributed by atoms with Crippen molar-refractivity contribution in [2.75, 3.05) is 9.80 Å². The first-order valence-electron chi connectivity index (χ1n) is 23.4. The van der Waals surface area contributed by atoms with Crippen molar-refractivity contribution < 1.29 is 0 Å². The van der Waals surface area contributed by atoms with Crippen molar-refractivity contribution in [1.29, 1.82) is 0 Å². The minimum atomic E-state index is -0.479. The van der Waals surface area contributed by atoms with E-state index in [4.69, 9.17) is 0 Å². The first-order valence-corrected chi connectivity index (χ1v) is 24.2. The maximum atomic E-state index is 2.51. The summed E-state index contributed by atoms with van der Waals surface area (Å²) in [5.41, 5.74) is 18.8. The van der Waals surface area contributed by atoms with Gasteiger partial charge in [0.15, 0.2) is 0 Å². The molecule has 0 amide bonds. The molecule has 2 nitrogen and oxygen atoms in total. The van der Waals surface area contributed by atoms with Gasteiger partial charge in [0.05, 0.1) is 5.41 Å². The average molecular weight is 883 g/mol. The molecule has 2 aliphatic rings. The van der Waals surface area contributed by atoms with Crippen LogP contribution in [0.5, 0.6) is 0 Å². The van der Waals surface area contributed by atoms with Gasteiger partial charge in [0, 0.05) is 54.3 Å². The van der Waals surface area contributed by atoms with E-state index in [0.29, 0.717) is 0 Å². The number of hydrogen-bond donors (Lipinski definition) is 0. The predicted octanol–water partition coefficient (Wildman–Crippen LogP) is 18.2. The molecule has 0 aliphatic heterocycles. The summed E-state index contributed by atoms with van der Waals surface area (Å²) in [5.74, 6) is 0. The maximum Gasteiger partial charge on any atom is 0.0726 e. The summed E-state index contributed by atoms with van der Waals surface area (Å²) >= 11 is 1.86. The first-order chi connectivity index (χ1) is 33.7. The SMILES string of the molecule is c1ccc(N(c2ccccc2)c2cc(-c3ccc4sc5ccccc5c4c3)cc(N(c3ccc4c(c3)C3(c5ccccc5-c5ccccc53)c3ccccc3-4)c3ccc4ccccc4c3)c2)cc1. The van der Waals surface area contributed by atoms with Gasteiger partial charge in [-0.05, 0) is 151 Å². The second-order valence-electron chi connectivity index (χ2n) is 18.0. The maximum absolute atomic E-state index is 2.51. The third-order valence-electron chi connectivity index (χ3n) is 14.4. The van der Waals surface area contributed by atoms with E-state index in [2.05, 4.69) is 265 Å². The van der Waals surface area contributed by atoms with Crippen LogP contribution in [-0.4, -0.2) is 0 Å². The first kappa shape index (κ1) is 38.7. The molecule has 0 radical (unpaired) electrons. The summed E-state index contributed by atoms with van der Waals surface area (Å²) in [5, 5.41) is 4.98. The Bertz CT molecular complexity index is 3840. The number of nitrogens with zero attached hydrogens (tertiary/aromatic N) is 2. The van der Waals surface area contributed by atoms with Gasteiger partial charge in [-0.15, -0.1) is 11.3 Å². The molecular formula is C65H42N2S. The predicted molar refractivity (Wildman–Crippen MR) is 288 cm³/mol. The molecule has 0 saturated heterocycles. The summed E-state index contributed by atoms with van der Waals surface area (Å²) in [6.07, 6.45) is 0. The van der Waals surface area contributed by atoms with E-state index in [1.54, 1.807) is 0 Å². The van der Waals surface area contributed by atoms with Crippen molar-refractivity contribution in [2.24, 2.45) is 0 Å². The van der Waals surface area contributed by atoms with Crippen LogP contribution < -0.4 is 9.80 Å². The van der Waals surface area contributed by atoms with Crippen molar-refractivity contribution in [3.8, 4) is 33.4 Å². The van der Waals surface area contributed by atoms with Gasteiger partial charge in [-0.2, -0.15) is 0 Å². The normalized spacial score (nSPS) is 12.8. The van der Waals surface area contributed by atoms with E-state index in [1.807, 2.05) is 11.3 Å². The molecule has 14 rings (SSSR count). The summed E-state index contributed by atoms with van der Waals surface area (Å²) in [7, 11) is 0. The lowest BCUT2D eigenvalue weighted by Crippen LogP contribution is -2.26. The fourth-order valence-corrected chi connectivity index (χ4v) is 12.6. The number of thiophene rings is 1. The molecule has 0 fully saturated rings. The highest BCUT2D eigenvalue weighted by Gasteiger charge is 2.51. The van der Waals surface area contributed by atoms with Crippen molar-refractivity contribution in [2.45, 2.75) is 5.41 Å². The van der Waals surface area contributed by atoms with Gasteiger partial charge in [-0.25, -0.2) is 0 Å². The molecule has 0 N–H and O–H groups in total. The van der Waals surface area contributed by atoms with Gasteiger partial charge < -0.3 is 9.80 Å². The standard InChI is InChI=1S/C65H42N2S/c1-3-19-47(20-4-1)66(48-21-5-2-6-22-48)51-38-46(45-32-36-64-58(40-45)57-26-12-16-30-63(57)68-64)39-52(41-51)67(49-33-31-43-17-7-8-18-44(43)37-49)50-34-35-56-55-25-11-15-29-61(55)65(62(56)42-50)59-27-13-9-23-53(59)54-24-10-14-28-60(54)65/h1-42H. The highest BCUT2D eigenvalue weighted by atomic mass is 32.1. The Morgan fingerprint density at radius 3 is 1.43 bits per heavy atom. The summed E-state index contributed by atoms with van der Waals surface area (Å²) in [6, 6.07) is 94.6. The molecule has 2 aliphatic carbocycles. The van der Waals surface area contributed by atoms with Crippen LogP contribution in [0.25, 0.3) is 64.3 Å². The Balaban J connectivity index is 1.06. The quantitative estimate of drug-likeness (QED) is 0.157. The lowest BCUT2D eigenvalue weighted by Gasteiger charge is -2.33. The van der Waals surface area contributed by atoms with Gasteiger partial charge in [0.25, 0.3) is 0 Å². The van der Waals surface area contributed by atoms with E-state index in [0.717, 1.165) is 39.7 Å². The van der Waals surface area contributed by atoms with E-state index >= 15 is 0 Å². The van der Waals surface area contributed by atoms with Crippen LogP contribution in [0.4, 0.5) is 34.1 Å². The van der Waals surface area contributed by atoms with E-state index in [9.17, 15) is 0 Å². The Hall–Kier alpha value is -8.50. The third-order valence-corrected chi connectivity index (χ3v) is 15.5. The Kier molecular flexibility index (Phi) is 8.71. The van der Waals surface area contributed by atoms with Crippen LogP contribution in [-0.2, 0) is 5.41 Å². The lowest BCUT2D eigenvalue weighted by molar-refractivity contribution is 0.793. The molecule has 68 heavy (non-hydrogen) atoms. The molecule has 11 aromatic carbocycles. The molecule has 0 bridgehead atoms. The zero-order valence-electron chi connectivity index (χ0n) is 37.1. The van der Waals surface area contributed by atoms with E-state index in [1.165, 1.54) is 81.0 Å². The largest absolute Gasteiger partial charge is 0.310 e. The summed E-state index contributed by atoms with van der Waals surface area (Å²) in [4.78, 5) is 4.89. The zero-order chi connectivity index (χ0) is 44.8. The van der Waals surface area contributed by atoms with Crippen molar-refractivity contribution >= 4 is 76.4 Å². The van der Waals surface area contributed by atoms with Gasteiger partial charge in [0.1, 0.15) is 0 Å². The molecule has 0 unspecified atom stereocenters. The van der Waals surface area contributed by atoms with Gasteiger partial charge in [-0.3, -0.25) is 0 Å². The molecule has 1 aromatic heterocycles. The van der Waals surface area contributed by atoms with Gasteiger partial charge >= 0.3 is 0 Å². The van der Waals surface area contributed by atoms with Crippen LogP contribution in [0.3, 0.4) is 0 Å². The molecule has 0 saturated carbocycles. The molecule has 3 heteroatoms. The highest BCUT2D eigenvalue weighted by molar-refractivity contribution is 7.25. The van der Waals surface area contributed by atoms with E-state index < -0.39 is 5.41 Å². The second kappa shape index (κ2) is 15.3. The fraction of sp³-hybridized carbons (Fsp3) is 0.0154. The Morgan fingerprint density at radius 2 is 0.765 bits per heavy atom. The fourth-order valence-electron chi connectivity index (χ4n) is 11.5. The lowest BCUT2D eigenvalue weighted by atomic mass is 9.70. The number of hydrogen-bond acceptors (Lipinski definition) is 3. The summed E-state index contributed by atoms with van der Waals surface area (Å²) < 4.78 is 2.60. The smallest absolute Gasteiger partial charge is 0.0726 e.